The average molecular weight is 348 g/mol. The van der Waals surface area contributed by atoms with E-state index in [1.54, 1.807) is 12.4 Å². The number of piperazine rings is 1. The summed E-state index contributed by atoms with van der Waals surface area (Å²) in [7, 11) is 0. The van der Waals surface area contributed by atoms with Gasteiger partial charge in [0.2, 0.25) is 5.95 Å². The first-order chi connectivity index (χ1) is 10.3. The lowest BCUT2D eigenvalue weighted by Gasteiger charge is -2.37. The van der Waals surface area contributed by atoms with Crippen molar-refractivity contribution in [1.29, 1.82) is 0 Å². The summed E-state index contributed by atoms with van der Waals surface area (Å²) in [6.45, 7) is 4.27. The molecule has 1 saturated heterocycles. The van der Waals surface area contributed by atoms with Gasteiger partial charge >= 0.3 is 0 Å². The van der Waals surface area contributed by atoms with Gasteiger partial charge in [-0.2, -0.15) is 0 Å². The molecule has 1 aliphatic rings. The number of hydrogen-bond acceptors (Lipinski definition) is 5. The van der Waals surface area contributed by atoms with E-state index in [1.807, 2.05) is 12.1 Å². The van der Waals surface area contributed by atoms with Gasteiger partial charge in [0.25, 0.3) is 0 Å². The Hall–Kier alpha value is -1.66. The van der Waals surface area contributed by atoms with E-state index in [2.05, 4.69) is 47.8 Å². The molecule has 0 aliphatic carbocycles. The number of hydrogen-bond donors (Lipinski definition) is 1. The number of halogens is 1. The van der Waals surface area contributed by atoms with Gasteiger partial charge in [0.05, 0.1) is 0 Å². The lowest BCUT2D eigenvalue weighted by atomic mass is 10.1. The molecule has 1 aromatic heterocycles. The molecule has 0 saturated carbocycles. The highest BCUT2D eigenvalue weighted by Crippen LogP contribution is 2.28. The number of nitrogens with two attached hydrogens (primary N) is 1. The molecule has 3 rings (SSSR count). The molecule has 2 N–H and O–H groups in total. The van der Waals surface area contributed by atoms with Crippen LogP contribution >= 0.6 is 15.9 Å². The van der Waals surface area contributed by atoms with Crippen LogP contribution in [0.25, 0.3) is 0 Å². The van der Waals surface area contributed by atoms with Gasteiger partial charge in [0.1, 0.15) is 0 Å². The summed E-state index contributed by atoms with van der Waals surface area (Å²) in [6.07, 6.45) is 3.57. The van der Waals surface area contributed by atoms with Gasteiger partial charge in [0, 0.05) is 60.8 Å². The predicted octanol–water partition coefficient (Wildman–Crippen LogP) is 2.02. The maximum Gasteiger partial charge on any atom is 0.225 e. The van der Waals surface area contributed by atoms with Crippen LogP contribution < -0.4 is 15.5 Å². The zero-order valence-corrected chi connectivity index (χ0v) is 13.3. The third-order valence-electron chi connectivity index (χ3n) is 3.75. The molecular formula is C15H18BrN5. The largest absolute Gasteiger partial charge is 0.368 e. The van der Waals surface area contributed by atoms with Crippen LogP contribution in [0.1, 0.15) is 5.56 Å². The highest BCUT2D eigenvalue weighted by Gasteiger charge is 2.21. The maximum atomic E-state index is 5.89. The molecule has 0 bridgehead atoms. The number of benzene rings is 1. The van der Waals surface area contributed by atoms with Crippen LogP contribution in [-0.2, 0) is 6.54 Å². The molecule has 1 aromatic carbocycles. The fraction of sp³-hybridized carbons (Fsp3) is 0.333. The van der Waals surface area contributed by atoms with Crippen molar-refractivity contribution in [3.8, 4) is 0 Å². The van der Waals surface area contributed by atoms with E-state index in [-0.39, 0.29) is 0 Å². The Bertz CT molecular complexity index is 596. The van der Waals surface area contributed by atoms with E-state index in [0.717, 1.165) is 36.6 Å². The molecule has 0 amide bonds. The maximum absolute atomic E-state index is 5.89. The van der Waals surface area contributed by atoms with Crippen molar-refractivity contribution in [2.24, 2.45) is 5.73 Å². The molecule has 0 unspecified atom stereocenters. The Labute approximate surface area is 132 Å². The van der Waals surface area contributed by atoms with Crippen LogP contribution in [0.4, 0.5) is 11.6 Å². The quantitative estimate of drug-likeness (QED) is 0.920. The molecule has 1 aliphatic heterocycles. The molecule has 0 atom stereocenters. The summed E-state index contributed by atoms with van der Waals surface area (Å²) in [5, 5.41) is 0. The summed E-state index contributed by atoms with van der Waals surface area (Å²) < 4.78 is 1.08. The second kappa shape index (κ2) is 6.41. The molecule has 2 heterocycles. The smallest absolute Gasteiger partial charge is 0.225 e. The number of nitrogens with zero attached hydrogens (tertiary/aromatic N) is 4. The van der Waals surface area contributed by atoms with Crippen LogP contribution in [0.2, 0.25) is 0 Å². The Morgan fingerprint density at radius 2 is 1.67 bits per heavy atom. The van der Waals surface area contributed by atoms with Crippen molar-refractivity contribution < 1.29 is 0 Å². The highest BCUT2D eigenvalue weighted by molar-refractivity contribution is 9.10. The third-order valence-corrected chi connectivity index (χ3v) is 4.50. The van der Waals surface area contributed by atoms with Crippen molar-refractivity contribution >= 4 is 27.6 Å². The second-order valence-electron chi connectivity index (χ2n) is 4.96. The molecule has 110 valence electrons. The summed E-state index contributed by atoms with van der Waals surface area (Å²) in [5.74, 6) is 0.811. The third kappa shape index (κ3) is 3.01. The van der Waals surface area contributed by atoms with Crippen molar-refractivity contribution in [3.63, 3.8) is 0 Å². The lowest BCUT2D eigenvalue weighted by molar-refractivity contribution is 0.638. The standard InChI is InChI=1S/C15H18BrN5/c16-13-3-1-4-14(12(13)11-17)20-7-9-21(10-8-20)15-18-5-2-6-19-15/h1-6H,7-11,17H2. The van der Waals surface area contributed by atoms with E-state index in [9.17, 15) is 0 Å². The van der Waals surface area contributed by atoms with E-state index < -0.39 is 0 Å². The van der Waals surface area contributed by atoms with Crippen LogP contribution in [-0.4, -0.2) is 36.1 Å². The number of aromatic nitrogens is 2. The monoisotopic (exact) mass is 347 g/mol. The van der Waals surface area contributed by atoms with Gasteiger partial charge < -0.3 is 15.5 Å². The average Bonchev–Trinajstić information content (AvgIpc) is 2.55. The van der Waals surface area contributed by atoms with Gasteiger partial charge in [-0.05, 0) is 18.2 Å². The van der Waals surface area contributed by atoms with Gasteiger partial charge in [-0.1, -0.05) is 22.0 Å². The van der Waals surface area contributed by atoms with Gasteiger partial charge in [-0.3, -0.25) is 0 Å². The molecule has 2 aromatic rings. The fourth-order valence-electron chi connectivity index (χ4n) is 2.65. The first-order valence-electron chi connectivity index (χ1n) is 7.04. The van der Waals surface area contributed by atoms with Crippen LogP contribution in [0.3, 0.4) is 0 Å². The van der Waals surface area contributed by atoms with Crippen molar-refractivity contribution in [3.05, 3.63) is 46.7 Å². The summed E-state index contributed by atoms with van der Waals surface area (Å²) in [5.41, 5.74) is 8.28. The zero-order valence-electron chi connectivity index (χ0n) is 11.7. The summed E-state index contributed by atoms with van der Waals surface area (Å²) >= 11 is 3.59. The molecule has 21 heavy (non-hydrogen) atoms. The molecule has 6 heteroatoms. The summed E-state index contributed by atoms with van der Waals surface area (Å²) in [4.78, 5) is 13.2. The highest BCUT2D eigenvalue weighted by atomic mass is 79.9. The SMILES string of the molecule is NCc1c(Br)cccc1N1CCN(c2ncccn2)CC1. The Morgan fingerprint density at radius 3 is 2.33 bits per heavy atom. The van der Waals surface area contributed by atoms with Crippen molar-refractivity contribution in [2.75, 3.05) is 36.0 Å². The summed E-state index contributed by atoms with van der Waals surface area (Å²) in [6, 6.07) is 8.08. The van der Waals surface area contributed by atoms with Crippen molar-refractivity contribution in [2.45, 2.75) is 6.54 Å². The van der Waals surface area contributed by atoms with Gasteiger partial charge in [0.15, 0.2) is 0 Å². The molecule has 0 spiro atoms. The fourth-order valence-corrected chi connectivity index (χ4v) is 3.17. The van der Waals surface area contributed by atoms with E-state index in [1.165, 1.54) is 11.3 Å². The minimum atomic E-state index is 0.540. The predicted molar refractivity (Wildman–Crippen MR) is 88.5 cm³/mol. The first kappa shape index (κ1) is 14.3. The topological polar surface area (TPSA) is 58.3 Å². The Balaban J connectivity index is 1.73. The molecule has 5 nitrogen and oxygen atoms in total. The zero-order chi connectivity index (χ0) is 14.7. The lowest BCUT2D eigenvalue weighted by Crippen LogP contribution is -2.47. The molecular weight excluding hydrogens is 330 g/mol. The number of rotatable bonds is 3. The van der Waals surface area contributed by atoms with Crippen LogP contribution in [0, 0.1) is 0 Å². The first-order valence-corrected chi connectivity index (χ1v) is 7.83. The Kier molecular flexibility index (Phi) is 4.36. The minimum absolute atomic E-state index is 0.540. The van der Waals surface area contributed by atoms with E-state index in [4.69, 9.17) is 5.73 Å². The number of anilines is 2. The van der Waals surface area contributed by atoms with E-state index >= 15 is 0 Å². The van der Waals surface area contributed by atoms with Crippen LogP contribution in [0.15, 0.2) is 41.1 Å². The van der Waals surface area contributed by atoms with Crippen molar-refractivity contribution in [1.82, 2.24) is 9.97 Å². The van der Waals surface area contributed by atoms with Gasteiger partial charge in [-0.15, -0.1) is 0 Å². The Morgan fingerprint density at radius 1 is 1.00 bits per heavy atom. The normalized spacial score (nSPS) is 15.3. The minimum Gasteiger partial charge on any atom is -0.368 e. The molecule has 1 fully saturated rings. The molecule has 0 radical (unpaired) electrons. The van der Waals surface area contributed by atoms with E-state index in [0.29, 0.717) is 6.54 Å². The van der Waals surface area contributed by atoms with Gasteiger partial charge in [-0.25, -0.2) is 9.97 Å². The second-order valence-corrected chi connectivity index (χ2v) is 5.82. The van der Waals surface area contributed by atoms with Crippen LogP contribution in [0.5, 0.6) is 0 Å².